The quantitative estimate of drug-likeness (QED) is 0.795. The summed E-state index contributed by atoms with van der Waals surface area (Å²) in [6, 6.07) is 3.13. The molecule has 0 saturated carbocycles. The summed E-state index contributed by atoms with van der Waals surface area (Å²) in [6.07, 6.45) is 3.44. The van der Waals surface area contributed by atoms with E-state index in [0.717, 1.165) is 12.1 Å². The Kier molecular flexibility index (Phi) is 4.88. The molecule has 1 saturated heterocycles. The molecule has 0 unspecified atom stereocenters. The maximum atomic E-state index is 13.6. The maximum absolute atomic E-state index is 13.6. The van der Waals surface area contributed by atoms with Gasteiger partial charge in [-0.15, -0.1) is 0 Å². The highest BCUT2D eigenvalue weighted by Crippen LogP contribution is 2.25. The number of rotatable bonds is 5. The SMILES string of the molecule is C[C@@]1(CS(=O)(=O)N2CCC(Oc3ccc(F)cc3F)CC2)C=NC=N1. The van der Waals surface area contributed by atoms with Crippen LogP contribution in [-0.4, -0.2) is 55.8 Å². The monoisotopic (exact) mass is 371 g/mol. The van der Waals surface area contributed by atoms with Crippen molar-refractivity contribution >= 4 is 22.6 Å². The molecule has 1 aromatic carbocycles. The molecule has 6 nitrogen and oxygen atoms in total. The standard InChI is InChI=1S/C16H19F2N3O3S/c1-16(9-19-11-20-16)10-25(22,23)21-6-4-13(5-7-21)24-15-3-2-12(17)8-14(15)18/h2-3,8-9,11,13H,4-7,10H2,1H3/t16-/m0/s1. The van der Waals surface area contributed by atoms with E-state index in [9.17, 15) is 17.2 Å². The number of piperidine rings is 1. The molecule has 0 spiro atoms. The first-order chi connectivity index (χ1) is 11.8. The largest absolute Gasteiger partial charge is 0.487 e. The lowest BCUT2D eigenvalue weighted by Crippen LogP contribution is -2.46. The maximum Gasteiger partial charge on any atom is 0.216 e. The van der Waals surface area contributed by atoms with E-state index in [1.807, 2.05) is 0 Å². The first-order valence-electron chi connectivity index (χ1n) is 7.95. The van der Waals surface area contributed by atoms with Crippen LogP contribution in [0.5, 0.6) is 5.75 Å². The molecule has 2 heterocycles. The third kappa shape index (κ3) is 4.21. The first kappa shape index (κ1) is 17.9. The van der Waals surface area contributed by atoms with Crippen LogP contribution in [0.15, 0.2) is 28.2 Å². The van der Waals surface area contributed by atoms with Crippen molar-refractivity contribution in [3.63, 3.8) is 0 Å². The van der Waals surface area contributed by atoms with Gasteiger partial charge in [-0.05, 0) is 31.9 Å². The van der Waals surface area contributed by atoms with Crippen LogP contribution >= 0.6 is 0 Å². The summed E-state index contributed by atoms with van der Waals surface area (Å²) >= 11 is 0. The first-order valence-corrected chi connectivity index (χ1v) is 9.56. The molecule has 0 bridgehead atoms. The zero-order valence-corrected chi connectivity index (χ0v) is 14.5. The summed E-state index contributed by atoms with van der Waals surface area (Å²) in [6.45, 7) is 2.28. The number of hydrogen-bond acceptors (Lipinski definition) is 5. The molecule has 0 amide bonds. The predicted octanol–water partition coefficient (Wildman–Crippen LogP) is 2.01. The number of hydrogen-bond donors (Lipinski definition) is 0. The summed E-state index contributed by atoms with van der Waals surface area (Å²) in [5, 5.41) is 0. The average Bonchev–Trinajstić information content (AvgIpc) is 2.96. The van der Waals surface area contributed by atoms with Gasteiger partial charge in [-0.25, -0.2) is 26.5 Å². The minimum Gasteiger partial charge on any atom is -0.487 e. The summed E-state index contributed by atoms with van der Waals surface area (Å²) in [4.78, 5) is 7.94. The smallest absolute Gasteiger partial charge is 0.216 e. The van der Waals surface area contributed by atoms with Gasteiger partial charge in [0.15, 0.2) is 11.6 Å². The topological polar surface area (TPSA) is 71.3 Å². The normalized spacial score (nSPS) is 24.8. The molecule has 2 aliphatic rings. The highest BCUT2D eigenvalue weighted by atomic mass is 32.2. The number of nitrogens with zero attached hydrogens (tertiary/aromatic N) is 3. The summed E-state index contributed by atoms with van der Waals surface area (Å²) < 4.78 is 58.6. The molecule has 2 aliphatic heterocycles. The van der Waals surface area contributed by atoms with Crippen molar-refractivity contribution in [3.8, 4) is 5.75 Å². The van der Waals surface area contributed by atoms with E-state index < -0.39 is 27.2 Å². The van der Waals surface area contributed by atoms with Gasteiger partial charge in [-0.2, -0.15) is 0 Å². The van der Waals surface area contributed by atoms with Gasteiger partial charge >= 0.3 is 0 Å². The van der Waals surface area contributed by atoms with Crippen molar-refractivity contribution in [2.45, 2.75) is 31.4 Å². The number of ether oxygens (including phenoxy) is 1. The minimum absolute atomic E-state index is 0.0216. The highest BCUT2D eigenvalue weighted by Gasteiger charge is 2.36. The Labute approximate surface area is 145 Å². The number of halogens is 2. The lowest BCUT2D eigenvalue weighted by Gasteiger charge is -2.32. The van der Waals surface area contributed by atoms with Crippen molar-refractivity contribution < 1.29 is 21.9 Å². The van der Waals surface area contributed by atoms with Gasteiger partial charge in [0.25, 0.3) is 0 Å². The van der Waals surface area contributed by atoms with Crippen LogP contribution in [-0.2, 0) is 10.0 Å². The highest BCUT2D eigenvalue weighted by molar-refractivity contribution is 7.89. The van der Waals surface area contributed by atoms with Gasteiger partial charge in [-0.1, -0.05) is 0 Å². The Morgan fingerprint density at radius 2 is 2.04 bits per heavy atom. The zero-order valence-electron chi connectivity index (χ0n) is 13.7. The molecule has 136 valence electrons. The second-order valence-corrected chi connectivity index (χ2v) is 8.40. The van der Waals surface area contributed by atoms with Gasteiger partial charge in [0.05, 0.1) is 5.75 Å². The van der Waals surface area contributed by atoms with Gasteiger partial charge in [-0.3, -0.25) is 4.99 Å². The molecule has 0 N–H and O–H groups in total. The molecule has 0 aliphatic carbocycles. The molecule has 25 heavy (non-hydrogen) atoms. The Bertz CT molecular complexity index is 791. The fourth-order valence-electron chi connectivity index (χ4n) is 2.91. The van der Waals surface area contributed by atoms with Crippen LogP contribution in [0.3, 0.4) is 0 Å². The van der Waals surface area contributed by atoms with Crippen molar-refractivity contribution in [1.82, 2.24) is 4.31 Å². The van der Waals surface area contributed by atoms with Gasteiger partial charge in [0.1, 0.15) is 23.8 Å². The van der Waals surface area contributed by atoms with E-state index in [2.05, 4.69) is 9.98 Å². The van der Waals surface area contributed by atoms with Gasteiger partial charge in [0.2, 0.25) is 10.0 Å². The van der Waals surface area contributed by atoms with Crippen LogP contribution in [0.25, 0.3) is 0 Å². The fourth-order valence-corrected chi connectivity index (χ4v) is 4.74. The zero-order chi connectivity index (χ0) is 18.1. The lowest BCUT2D eigenvalue weighted by molar-refractivity contribution is 0.130. The molecule has 0 aromatic heterocycles. The van der Waals surface area contributed by atoms with Crippen LogP contribution in [0.2, 0.25) is 0 Å². The van der Waals surface area contributed by atoms with Crippen LogP contribution in [0, 0.1) is 11.6 Å². The molecular weight excluding hydrogens is 352 g/mol. The summed E-state index contributed by atoms with van der Waals surface area (Å²) in [7, 11) is -3.49. The Balaban J connectivity index is 1.58. The van der Waals surface area contributed by atoms with Crippen molar-refractivity contribution in [2.24, 2.45) is 9.98 Å². The van der Waals surface area contributed by atoms with Crippen molar-refractivity contribution in [2.75, 3.05) is 18.8 Å². The van der Waals surface area contributed by atoms with Crippen LogP contribution in [0.4, 0.5) is 8.78 Å². The van der Waals surface area contributed by atoms with E-state index >= 15 is 0 Å². The van der Waals surface area contributed by atoms with Gasteiger partial charge in [0, 0.05) is 25.4 Å². The Morgan fingerprint density at radius 3 is 2.64 bits per heavy atom. The van der Waals surface area contributed by atoms with E-state index in [0.29, 0.717) is 12.8 Å². The molecular formula is C16H19F2N3O3S. The lowest BCUT2D eigenvalue weighted by atomic mass is 10.1. The van der Waals surface area contributed by atoms with E-state index in [1.165, 1.54) is 22.9 Å². The Hall–Kier alpha value is -1.87. The fraction of sp³-hybridized carbons (Fsp3) is 0.500. The molecule has 9 heteroatoms. The van der Waals surface area contributed by atoms with E-state index in [4.69, 9.17) is 4.74 Å². The van der Waals surface area contributed by atoms with E-state index in [1.54, 1.807) is 6.92 Å². The molecule has 1 fully saturated rings. The van der Waals surface area contributed by atoms with Crippen molar-refractivity contribution in [1.29, 1.82) is 0 Å². The second-order valence-electron chi connectivity index (χ2n) is 6.43. The van der Waals surface area contributed by atoms with Crippen LogP contribution in [0.1, 0.15) is 19.8 Å². The minimum atomic E-state index is -3.49. The number of aliphatic imine (C=N–C) groups is 2. The van der Waals surface area contributed by atoms with Crippen molar-refractivity contribution in [3.05, 3.63) is 29.8 Å². The second kappa shape index (κ2) is 6.80. The number of sulfonamides is 1. The molecule has 3 rings (SSSR count). The van der Waals surface area contributed by atoms with Gasteiger partial charge < -0.3 is 4.74 Å². The average molecular weight is 371 g/mol. The molecule has 0 radical (unpaired) electrons. The number of benzene rings is 1. The molecule has 1 aromatic rings. The summed E-state index contributed by atoms with van der Waals surface area (Å²) in [5.41, 5.74) is -0.830. The summed E-state index contributed by atoms with van der Waals surface area (Å²) in [5.74, 6) is -1.59. The molecule has 1 atom stereocenters. The predicted molar refractivity (Wildman–Crippen MR) is 90.8 cm³/mol. The van der Waals surface area contributed by atoms with E-state index in [-0.39, 0.29) is 30.7 Å². The van der Waals surface area contributed by atoms with Crippen LogP contribution < -0.4 is 4.74 Å². The Morgan fingerprint density at radius 1 is 1.32 bits per heavy atom. The third-order valence-electron chi connectivity index (χ3n) is 4.23. The third-order valence-corrected chi connectivity index (χ3v) is 6.33.